The third kappa shape index (κ3) is 4.39. The molecule has 0 radical (unpaired) electrons. The molecular formula is CHDyF3O3S. The second kappa shape index (κ2) is 3.39. The fourth-order valence-corrected chi connectivity index (χ4v) is 0. The van der Waals surface area contributed by atoms with Gasteiger partial charge in [0.2, 0.25) is 0 Å². The Morgan fingerprint density at radius 1 is 1.22 bits per heavy atom. The van der Waals surface area contributed by atoms with E-state index in [9.17, 15) is 13.2 Å². The summed E-state index contributed by atoms with van der Waals surface area (Å²) in [5, 5.41) is 0. The molecule has 0 aliphatic carbocycles. The van der Waals surface area contributed by atoms with Crippen LogP contribution >= 0.6 is 0 Å². The van der Waals surface area contributed by atoms with Gasteiger partial charge in [-0.25, -0.2) is 0 Å². The third-order valence-corrected chi connectivity index (χ3v) is 0.877. The summed E-state index contributed by atoms with van der Waals surface area (Å²) in [5.74, 6) is 0. The summed E-state index contributed by atoms with van der Waals surface area (Å²) >= 11 is 0. The largest absolute Gasteiger partial charge is 0.522 e. The van der Waals surface area contributed by atoms with Crippen molar-refractivity contribution in [3.8, 4) is 0 Å². The first kappa shape index (κ1) is 12.6. The van der Waals surface area contributed by atoms with Crippen LogP contribution in [0.5, 0.6) is 0 Å². The van der Waals surface area contributed by atoms with Crippen molar-refractivity contribution in [1.82, 2.24) is 0 Å². The Bertz CT molecular complexity index is 168. The maximum Gasteiger partial charge on any atom is 0.522 e. The monoisotopic (exact) mass is 314 g/mol. The van der Waals surface area contributed by atoms with Crippen LogP contribution in [0.25, 0.3) is 0 Å². The van der Waals surface area contributed by atoms with Crippen molar-refractivity contribution in [2.24, 2.45) is 0 Å². The molecule has 0 spiro atoms. The summed E-state index contributed by atoms with van der Waals surface area (Å²) in [5.41, 5.74) is -5.53. The second-order valence-electron chi connectivity index (χ2n) is 0.921. The van der Waals surface area contributed by atoms with Crippen LogP contribution in [0.4, 0.5) is 13.2 Å². The van der Waals surface area contributed by atoms with E-state index in [-0.39, 0.29) is 38.2 Å². The van der Waals surface area contributed by atoms with Crippen LogP contribution in [0, 0.1) is 38.2 Å². The van der Waals surface area contributed by atoms with Gasteiger partial charge in [-0.3, -0.25) is 4.55 Å². The molecule has 0 aliphatic heterocycles. The van der Waals surface area contributed by atoms with Crippen LogP contribution < -0.4 is 0 Å². The molecule has 0 bridgehead atoms. The number of alkyl halides is 3. The van der Waals surface area contributed by atoms with Gasteiger partial charge in [-0.2, -0.15) is 21.6 Å². The molecule has 0 fully saturated rings. The average molecular weight is 313 g/mol. The summed E-state index contributed by atoms with van der Waals surface area (Å²) in [6, 6.07) is 0. The molecule has 0 saturated heterocycles. The van der Waals surface area contributed by atoms with E-state index < -0.39 is 15.6 Å². The van der Waals surface area contributed by atoms with Crippen LogP contribution in [0.15, 0.2) is 0 Å². The maximum atomic E-state index is 10.7. The van der Waals surface area contributed by atoms with E-state index in [1.807, 2.05) is 0 Å². The van der Waals surface area contributed by atoms with Crippen LogP contribution in [0.3, 0.4) is 0 Å². The van der Waals surface area contributed by atoms with Crippen molar-refractivity contribution in [3.63, 3.8) is 0 Å². The van der Waals surface area contributed by atoms with Gasteiger partial charge < -0.3 is 0 Å². The van der Waals surface area contributed by atoms with Crippen LogP contribution in [-0.2, 0) is 10.1 Å². The molecule has 0 aromatic rings. The Morgan fingerprint density at radius 3 is 1.33 bits per heavy atom. The first-order valence-corrected chi connectivity index (χ1v) is 2.73. The first-order valence-electron chi connectivity index (χ1n) is 1.29. The van der Waals surface area contributed by atoms with Gasteiger partial charge in [0, 0.05) is 38.2 Å². The molecule has 0 saturated carbocycles. The molecule has 9 heavy (non-hydrogen) atoms. The van der Waals surface area contributed by atoms with Gasteiger partial charge in [0.15, 0.2) is 0 Å². The smallest absolute Gasteiger partial charge is 0.279 e. The number of hydrogen-bond donors (Lipinski definition) is 1. The molecule has 0 unspecified atom stereocenters. The van der Waals surface area contributed by atoms with Crippen molar-refractivity contribution in [1.29, 1.82) is 0 Å². The molecule has 0 aromatic carbocycles. The molecule has 0 heterocycles. The van der Waals surface area contributed by atoms with E-state index in [2.05, 4.69) is 0 Å². The maximum absolute atomic E-state index is 10.7. The minimum absolute atomic E-state index is 0. The molecule has 0 aromatic heterocycles. The average Bonchev–Trinajstić information content (AvgIpc) is 1.25. The first-order chi connectivity index (χ1) is 3.25. The summed E-state index contributed by atoms with van der Waals surface area (Å²) in [6.45, 7) is 0. The molecule has 0 atom stereocenters. The van der Waals surface area contributed by atoms with Gasteiger partial charge in [-0.15, -0.1) is 0 Å². The summed E-state index contributed by atoms with van der Waals surface area (Å²) in [6.07, 6.45) is 0. The fraction of sp³-hybridized carbons (Fsp3) is 1.00. The van der Waals surface area contributed by atoms with Crippen LogP contribution in [0.2, 0.25) is 0 Å². The number of halogens is 3. The van der Waals surface area contributed by atoms with Gasteiger partial charge in [0.25, 0.3) is 0 Å². The summed E-state index contributed by atoms with van der Waals surface area (Å²) in [7, 11) is -5.84. The molecule has 60 valence electrons. The zero-order valence-electron chi connectivity index (χ0n) is 3.62. The van der Waals surface area contributed by atoms with Gasteiger partial charge in [-0.1, -0.05) is 0 Å². The minimum atomic E-state index is -5.84. The Hall–Kier alpha value is 0.973. The molecule has 0 amide bonds. The third-order valence-electron chi connectivity index (χ3n) is 0.292. The second-order valence-corrected chi connectivity index (χ2v) is 2.33. The number of rotatable bonds is 0. The molecule has 0 rings (SSSR count). The van der Waals surface area contributed by atoms with Gasteiger partial charge >= 0.3 is 15.6 Å². The molecule has 3 nitrogen and oxygen atoms in total. The molecular weight excluding hydrogens is 312 g/mol. The van der Waals surface area contributed by atoms with Crippen molar-refractivity contribution in [2.45, 2.75) is 5.51 Å². The van der Waals surface area contributed by atoms with Gasteiger partial charge in [0.1, 0.15) is 0 Å². The molecule has 8 heteroatoms. The molecule has 1 N–H and O–H groups in total. The zero-order chi connectivity index (χ0) is 7.00. The Labute approximate surface area is 79.4 Å². The quantitative estimate of drug-likeness (QED) is 0.520. The summed E-state index contributed by atoms with van der Waals surface area (Å²) < 4.78 is 57.5. The van der Waals surface area contributed by atoms with E-state index >= 15 is 0 Å². The van der Waals surface area contributed by atoms with Crippen molar-refractivity contribution in [2.75, 3.05) is 0 Å². The van der Waals surface area contributed by atoms with E-state index in [1.54, 1.807) is 0 Å². The van der Waals surface area contributed by atoms with E-state index in [0.29, 0.717) is 0 Å². The van der Waals surface area contributed by atoms with E-state index in [1.165, 1.54) is 0 Å². The van der Waals surface area contributed by atoms with E-state index in [4.69, 9.17) is 13.0 Å². The van der Waals surface area contributed by atoms with E-state index in [0.717, 1.165) is 0 Å². The Balaban J connectivity index is 0. The normalized spacial score (nSPS) is 12.4. The SMILES string of the molecule is O=S(=O)(O)C(F)(F)F.[Dy]. The van der Waals surface area contributed by atoms with Crippen molar-refractivity contribution < 1.29 is 64.3 Å². The zero-order valence-corrected chi connectivity index (χ0v) is 6.47. The van der Waals surface area contributed by atoms with Gasteiger partial charge in [-0.05, 0) is 0 Å². The Morgan fingerprint density at radius 2 is 1.33 bits per heavy atom. The van der Waals surface area contributed by atoms with Crippen molar-refractivity contribution >= 4 is 10.1 Å². The predicted molar refractivity (Wildman–Crippen MR) is 17.6 cm³/mol. The van der Waals surface area contributed by atoms with Crippen LogP contribution in [0.1, 0.15) is 0 Å². The van der Waals surface area contributed by atoms with Crippen molar-refractivity contribution in [3.05, 3.63) is 0 Å². The van der Waals surface area contributed by atoms with Gasteiger partial charge in [0.05, 0.1) is 0 Å². The Kier molecular flexibility index (Phi) is 4.76. The fourth-order valence-electron chi connectivity index (χ4n) is 0. The minimum Gasteiger partial charge on any atom is -0.279 e. The van der Waals surface area contributed by atoms with Crippen LogP contribution in [-0.4, -0.2) is 18.5 Å². The topological polar surface area (TPSA) is 54.4 Å². The predicted octanol–water partition coefficient (Wildman–Crippen LogP) is 0.394. The molecule has 0 aliphatic rings. The summed E-state index contributed by atoms with van der Waals surface area (Å²) in [4.78, 5) is 0. The standard InChI is InChI=1S/CHF3O3S.Dy/c2-1(3,4)8(5,6)7;/h(H,5,6,7);. The number of hydrogen-bond acceptors (Lipinski definition) is 2.